The van der Waals surface area contributed by atoms with Crippen LogP contribution in [-0.2, 0) is 0 Å². The first-order valence-electron chi connectivity index (χ1n) is 4.34. The number of amides is 1. The van der Waals surface area contributed by atoms with Gasteiger partial charge in [0.15, 0.2) is 0 Å². The molecule has 6 heteroatoms. The zero-order chi connectivity index (χ0) is 11.5. The summed E-state index contributed by atoms with van der Waals surface area (Å²) in [6.07, 6.45) is -0.875. The largest absolute Gasteiger partial charge is 0.411 e. The van der Waals surface area contributed by atoms with Gasteiger partial charge in [0.1, 0.15) is 0 Å². The number of carbonyl (C=O) groups excluding carboxylic acids is 1. The maximum absolute atomic E-state index is 10.5. The van der Waals surface area contributed by atoms with Crippen molar-refractivity contribution in [3.8, 4) is 16.5 Å². The Balaban J connectivity index is 2.32. The van der Waals surface area contributed by atoms with E-state index in [9.17, 15) is 4.79 Å². The number of nitrogens with zero attached hydrogens (tertiary/aromatic N) is 1. The number of rotatable bonds is 2. The standard InChI is InChI=1S/C10H7ClN2O2S/c11-7-4-2-1-3-6(7)8-5-16-10(13-8)15-9(12)14/h1-5H,(H2,12,14). The number of carbonyl (C=O) groups is 1. The Bertz CT molecular complexity index is 527. The summed E-state index contributed by atoms with van der Waals surface area (Å²) in [5, 5.41) is 2.56. The molecule has 0 atom stereocenters. The summed E-state index contributed by atoms with van der Waals surface area (Å²) in [6, 6.07) is 7.30. The predicted octanol–water partition coefficient (Wildman–Crippen LogP) is 2.92. The lowest BCUT2D eigenvalue weighted by atomic mass is 10.2. The smallest absolute Gasteiger partial charge is 0.381 e. The van der Waals surface area contributed by atoms with Crippen molar-refractivity contribution in [1.29, 1.82) is 0 Å². The van der Waals surface area contributed by atoms with Gasteiger partial charge in [-0.25, -0.2) is 9.78 Å². The number of halogens is 1. The second kappa shape index (κ2) is 4.51. The van der Waals surface area contributed by atoms with E-state index in [0.29, 0.717) is 10.7 Å². The van der Waals surface area contributed by atoms with Crippen LogP contribution in [0.2, 0.25) is 5.02 Å². The highest BCUT2D eigenvalue weighted by Gasteiger charge is 2.09. The van der Waals surface area contributed by atoms with Crippen LogP contribution in [0.25, 0.3) is 11.3 Å². The third-order valence-corrected chi connectivity index (χ3v) is 2.87. The second-order valence-electron chi connectivity index (χ2n) is 2.90. The number of nitrogens with two attached hydrogens (primary N) is 1. The molecule has 0 unspecified atom stereocenters. The third kappa shape index (κ3) is 2.32. The Morgan fingerprint density at radius 2 is 2.19 bits per heavy atom. The van der Waals surface area contributed by atoms with Crippen molar-refractivity contribution < 1.29 is 9.53 Å². The van der Waals surface area contributed by atoms with Crippen molar-refractivity contribution in [1.82, 2.24) is 4.98 Å². The highest BCUT2D eigenvalue weighted by Crippen LogP contribution is 2.30. The topological polar surface area (TPSA) is 65.2 Å². The first-order valence-corrected chi connectivity index (χ1v) is 5.60. The van der Waals surface area contributed by atoms with Gasteiger partial charge in [0.05, 0.1) is 5.69 Å². The van der Waals surface area contributed by atoms with Gasteiger partial charge in [-0.1, -0.05) is 41.1 Å². The van der Waals surface area contributed by atoms with Gasteiger partial charge < -0.3 is 10.5 Å². The van der Waals surface area contributed by atoms with E-state index in [1.807, 2.05) is 18.2 Å². The minimum atomic E-state index is -0.875. The van der Waals surface area contributed by atoms with Crippen LogP contribution in [0.3, 0.4) is 0 Å². The first kappa shape index (κ1) is 10.9. The van der Waals surface area contributed by atoms with Crippen molar-refractivity contribution in [3.05, 3.63) is 34.7 Å². The van der Waals surface area contributed by atoms with Crippen molar-refractivity contribution in [2.24, 2.45) is 5.73 Å². The summed E-state index contributed by atoms with van der Waals surface area (Å²) in [5.41, 5.74) is 6.33. The number of thiazole rings is 1. The van der Waals surface area contributed by atoms with Crippen LogP contribution in [0.4, 0.5) is 4.79 Å². The molecule has 16 heavy (non-hydrogen) atoms. The molecule has 0 bridgehead atoms. The van der Waals surface area contributed by atoms with Crippen molar-refractivity contribution in [2.75, 3.05) is 0 Å². The highest BCUT2D eigenvalue weighted by atomic mass is 35.5. The minimum absolute atomic E-state index is 0.211. The van der Waals surface area contributed by atoms with Gasteiger partial charge >= 0.3 is 6.09 Å². The van der Waals surface area contributed by atoms with Crippen LogP contribution in [0, 0.1) is 0 Å². The number of primary amides is 1. The van der Waals surface area contributed by atoms with Gasteiger partial charge in [0, 0.05) is 16.0 Å². The molecule has 0 radical (unpaired) electrons. The number of aromatic nitrogens is 1. The lowest BCUT2D eigenvalue weighted by Gasteiger charge is -1.98. The van der Waals surface area contributed by atoms with E-state index in [4.69, 9.17) is 17.3 Å². The lowest BCUT2D eigenvalue weighted by molar-refractivity contribution is 0.210. The molecular weight excluding hydrogens is 248 g/mol. The lowest BCUT2D eigenvalue weighted by Crippen LogP contribution is -2.15. The molecule has 0 saturated heterocycles. The van der Waals surface area contributed by atoms with Crippen molar-refractivity contribution in [2.45, 2.75) is 0 Å². The molecule has 0 fully saturated rings. The molecule has 1 aromatic heterocycles. The minimum Gasteiger partial charge on any atom is -0.381 e. The zero-order valence-corrected chi connectivity index (χ0v) is 9.59. The average Bonchev–Trinajstić information content (AvgIpc) is 2.66. The van der Waals surface area contributed by atoms with Crippen molar-refractivity contribution in [3.63, 3.8) is 0 Å². The average molecular weight is 255 g/mol. The number of benzene rings is 1. The van der Waals surface area contributed by atoms with Gasteiger partial charge in [-0.2, -0.15) is 0 Å². The van der Waals surface area contributed by atoms with Gasteiger partial charge in [0.25, 0.3) is 5.19 Å². The van der Waals surface area contributed by atoms with Crippen LogP contribution in [0.1, 0.15) is 0 Å². The second-order valence-corrected chi connectivity index (χ2v) is 4.13. The van der Waals surface area contributed by atoms with E-state index in [2.05, 4.69) is 9.72 Å². The Hall–Kier alpha value is -1.59. The summed E-state index contributed by atoms with van der Waals surface area (Å²) in [7, 11) is 0. The molecule has 2 aromatic rings. The van der Waals surface area contributed by atoms with Gasteiger partial charge in [-0.3, -0.25) is 0 Å². The summed E-state index contributed by atoms with van der Waals surface area (Å²) >= 11 is 7.19. The Labute approximate surface area is 101 Å². The quantitative estimate of drug-likeness (QED) is 0.896. The molecule has 82 valence electrons. The molecule has 2 N–H and O–H groups in total. The van der Waals surface area contributed by atoms with E-state index < -0.39 is 6.09 Å². The molecule has 1 amide bonds. The van der Waals surface area contributed by atoms with E-state index >= 15 is 0 Å². The summed E-state index contributed by atoms with van der Waals surface area (Å²) < 4.78 is 4.66. The summed E-state index contributed by atoms with van der Waals surface area (Å²) in [6.45, 7) is 0. The van der Waals surface area contributed by atoms with Gasteiger partial charge in [-0.15, -0.1) is 0 Å². The predicted molar refractivity (Wildman–Crippen MR) is 62.8 cm³/mol. The van der Waals surface area contributed by atoms with E-state index in [1.54, 1.807) is 11.4 Å². The molecule has 0 saturated carbocycles. The molecule has 0 aliphatic rings. The fraction of sp³-hybridized carbons (Fsp3) is 0. The fourth-order valence-electron chi connectivity index (χ4n) is 1.18. The number of ether oxygens (including phenoxy) is 1. The number of hydrogen-bond donors (Lipinski definition) is 1. The normalized spacial score (nSPS) is 10.1. The molecule has 0 aliphatic carbocycles. The SMILES string of the molecule is NC(=O)Oc1nc(-c2ccccc2Cl)cs1. The van der Waals surface area contributed by atoms with Crippen LogP contribution >= 0.6 is 22.9 Å². The van der Waals surface area contributed by atoms with Crippen LogP contribution in [0.15, 0.2) is 29.6 Å². The molecule has 4 nitrogen and oxygen atoms in total. The summed E-state index contributed by atoms with van der Waals surface area (Å²) in [5.74, 6) is 0. The highest BCUT2D eigenvalue weighted by molar-refractivity contribution is 7.11. The van der Waals surface area contributed by atoms with E-state index in [-0.39, 0.29) is 5.19 Å². The van der Waals surface area contributed by atoms with Gasteiger partial charge in [-0.05, 0) is 6.07 Å². The first-order chi connectivity index (χ1) is 7.66. The van der Waals surface area contributed by atoms with E-state index in [0.717, 1.165) is 5.56 Å². The Kier molecular flexibility index (Phi) is 3.07. The molecule has 0 aliphatic heterocycles. The molecular formula is C10H7ClN2O2S. The van der Waals surface area contributed by atoms with Crippen molar-refractivity contribution >= 4 is 29.0 Å². The Morgan fingerprint density at radius 3 is 2.88 bits per heavy atom. The molecule has 1 aromatic carbocycles. The van der Waals surface area contributed by atoms with Crippen LogP contribution < -0.4 is 10.5 Å². The van der Waals surface area contributed by atoms with Gasteiger partial charge in [0.2, 0.25) is 0 Å². The molecule has 1 heterocycles. The third-order valence-electron chi connectivity index (χ3n) is 1.82. The van der Waals surface area contributed by atoms with Crippen LogP contribution in [-0.4, -0.2) is 11.1 Å². The van der Waals surface area contributed by atoms with E-state index in [1.165, 1.54) is 11.3 Å². The Morgan fingerprint density at radius 1 is 1.44 bits per heavy atom. The molecule has 0 spiro atoms. The zero-order valence-electron chi connectivity index (χ0n) is 8.01. The maximum Gasteiger partial charge on any atom is 0.411 e. The maximum atomic E-state index is 10.5. The summed E-state index contributed by atoms with van der Waals surface area (Å²) in [4.78, 5) is 14.6. The molecule has 2 rings (SSSR count). The monoisotopic (exact) mass is 254 g/mol. The fourth-order valence-corrected chi connectivity index (χ4v) is 2.09. The van der Waals surface area contributed by atoms with Crippen LogP contribution in [0.5, 0.6) is 5.19 Å². The number of hydrogen-bond acceptors (Lipinski definition) is 4.